The molecule has 1 atom stereocenters. The number of methoxy groups -OCH3 is 1. The van der Waals surface area contributed by atoms with Crippen LogP contribution in [0.15, 0.2) is 23.8 Å². The summed E-state index contributed by atoms with van der Waals surface area (Å²) in [4.78, 5) is 46.1. The molecular weight excluding hydrogens is 416 g/mol. The highest BCUT2D eigenvalue weighted by Gasteiger charge is 2.49. The quantitative estimate of drug-likeness (QED) is 0.692. The predicted molar refractivity (Wildman–Crippen MR) is 116 cm³/mol. The average Bonchev–Trinajstić information content (AvgIpc) is 3.43. The number of hydrogen-bond acceptors (Lipinski definition) is 6. The molecule has 1 aliphatic carbocycles. The Bertz CT molecular complexity index is 964. The number of amides is 2. The van der Waals surface area contributed by atoms with Crippen LogP contribution in [0, 0.1) is 0 Å². The number of thiophene rings is 1. The van der Waals surface area contributed by atoms with E-state index in [2.05, 4.69) is 10.3 Å². The van der Waals surface area contributed by atoms with Gasteiger partial charge in [0, 0.05) is 17.5 Å². The Kier molecular flexibility index (Phi) is 6.13. The van der Waals surface area contributed by atoms with Crippen molar-refractivity contribution in [3.63, 3.8) is 0 Å². The maximum Gasteiger partial charge on any atom is 0.359 e. The fourth-order valence-electron chi connectivity index (χ4n) is 4.55. The zero-order chi connectivity index (χ0) is 22.0. The maximum absolute atomic E-state index is 13.6. The molecule has 1 N–H and O–H groups in total. The molecule has 2 aromatic heterocycles. The van der Waals surface area contributed by atoms with Crippen molar-refractivity contribution in [3.05, 3.63) is 40.1 Å². The normalized spacial score (nSPS) is 21.6. The number of ether oxygens (including phenoxy) is 1. The van der Waals surface area contributed by atoms with Gasteiger partial charge in [-0.1, -0.05) is 25.3 Å². The molecular formula is C22H28N4O4S. The number of nitrogens with one attached hydrogen (secondary N) is 1. The van der Waals surface area contributed by atoms with Gasteiger partial charge in [0.1, 0.15) is 11.2 Å². The first kappa shape index (κ1) is 21.5. The third-order valence-electron chi connectivity index (χ3n) is 6.33. The summed E-state index contributed by atoms with van der Waals surface area (Å²) >= 11 is 1.62. The zero-order valence-electron chi connectivity index (χ0n) is 17.9. The molecule has 9 heteroatoms. The van der Waals surface area contributed by atoms with Gasteiger partial charge in [0.25, 0.3) is 5.91 Å². The van der Waals surface area contributed by atoms with Crippen LogP contribution in [0.25, 0.3) is 0 Å². The van der Waals surface area contributed by atoms with Gasteiger partial charge in [0.2, 0.25) is 5.91 Å². The van der Waals surface area contributed by atoms with E-state index in [0.717, 1.165) is 30.6 Å². The molecule has 0 unspecified atom stereocenters. The van der Waals surface area contributed by atoms with Crippen molar-refractivity contribution in [2.75, 3.05) is 13.7 Å². The second-order valence-corrected chi connectivity index (χ2v) is 9.46. The monoisotopic (exact) mass is 444 g/mol. The molecule has 0 saturated heterocycles. The van der Waals surface area contributed by atoms with Gasteiger partial charge in [-0.15, -0.1) is 11.3 Å². The minimum atomic E-state index is -1.08. The smallest absolute Gasteiger partial charge is 0.359 e. The van der Waals surface area contributed by atoms with Gasteiger partial charge >= 0.3 is 5.97 Å². The number of nitrogens with zero attached hydrogens (tertiary/aromatic N) is 3. The van der Waals surface area contributed by atoms with E-state index in [9.17, 15) is 14.4 Å². The molecule has 0 spiro atoms. The number of carbonyl (C=O) groups is 3. The largest absolute Gasteiger partial charge is 0.464 e. The number of carbonyl (C=O) groups excluding carboxylic acids is 3. The van der Waals surface area contributed by atoms with E-state index < -0.39 is 11.5 Å². The van der Waals surface area contributed by atoms with Gasteiger partial charge in [-0.05, 0) is 37.6 Å². The maximum atomic E-state index is 13.6. The standard InChI is InChI=1S/C22H28N4O4S/c1-22(21(29)24-15-7-4-3-5-8-15)13-25-14-23-17(20(28)30-2)18(25)19(27)26(22)11-10-16-9-6-12-31-16/h6,9,12,14-15H,3-5,7-8,10-11,13H2,1-2H3,(H,24,29)/t22-/m0/s1. The molecule has 0 bridgehead atoms. The highest BCUT2D eigenvalue weighted by atomic mass is 32.1. The lowest BCUT2D eigenvalue weighted by Crippen LogP contribution is -2.65. The van der Waals surface area contributed by atoms with E-state index in [-0.39, 0.29) is 35.8 Å². The van der Waals surface area contributed by atoms with Crippen molar-refractivity contribution >= 4 is 29.1 Å². The lowest BCUT2D eigenvalue weighted by atomic mass is 9.91. The first-order chi connectivity index (χ1) is 14.9. The summed E-state index contributed by atoms with van der Waals surface area (Å²) in [5, 5.41) is 5.18. The van der Waals surface area contributed by atoms with Gasteiger partial charge in [0.05, 0.1) is 20.0 Å². The van der Waals surface area contributed by atoms with Gasteiger partial charge in [-0.2, -0.15) is 0 Å². The van der Waals surface area contributed by atoms with E-state index in [1.165, 1.54) is 19.9 Å². The molecule has 31 heavy (non-hydrogen) atoms. The van der Waals surface area contributed by atoms with E-state index in [1.807, 2.05) is 17.5 Å². The summed E-state index contributed by atoms with van der Waals surface area (Å²) in [6.45, 7) is 2.42. The summed E-state index contributed by atoms with van der Waals surface area (Å²) in [5.41, 5.74) is -0.906. The number of imidazole rings is 1. The number of rotatable bonds is 6. The van der Waals surface area contributed by atoms with E-state index in [4.69, 9.17) is 4.74 Å². The van der Waals surface area contributed by atoms with Crippen LogP contribution in [0.1, 0.15) is 64.9 Å². The van der Waals surface area contributed by atoms with E-state index >= 15 is 0 Å². The lowest BCUT2D eigenvalue weighted by molar-refractivity contribution is -0.133. The first-order valence-corrected chi connectivity index (χ1v) is 11.6. The molecule has 2 amide bonds. The molecule has 1 fully saturated rings. The molecule has 0 radical (unpaired) electrons. The van der Waals surface area contributed by atoms with Gasteiger partial charge in [0.15, 0.2) is 5.69 Å². The molecule has 4 rings (SSSR count). The Balaban J connectivity index is 1.65. The fraction of sp³-hybridized carbons (Fsp3) is 0.545. The third-order valence-corrected chi connectivity index (χ3v) is 7.27. The Labute approximate surface area is 185 Å². The average molecular weight is 445 g/mol. The molecule has 0 aromatic carbocycles. The SMILES string of the molecule is COC(=O)c1ncn2c1C(=O)N(CCc1cccs1)[C@](C)(C(=O)NC1CCCCC1)C2. The minimum Gasteiger partial charge on any atom is -0.464 e. The van der Waals surface area contributed by atoms with Crippen molar-refractivity contribution in [1.82, 2.24) is 19.8 Å². The van der Waals surface area contributed by atoms with Crippen molar-refractivity contribution in [2.24, 2.45) is 0 Å². The topological polar surface area (TPSA) is 93.5 Å². The van der Waals surface area contributed by atoms with Crippen LogP contribution in [0.5, 0.6) is 0 Å². The van der Waals surface area contributed by atoms with Crippen molar-refractivity contribution in [2.45, 2.75) is 63.6 Å². The lowest BCUT2D eigenvalue weighted by Gasteiger charge is -2.44. The van der Waals surface area contributed by atoms with Crippen molar-refractivity contribution in [3.8, 4) is 0 Å². The summed E-state index contributed by atoms with van der Waals surface area (Å²) in [5.74, 6) is -1.18. The number of fused-ring (bicyclic) bond motifs is 1. The molecule has 1 aliphatic heterocycles. The van der Waals surface area contributed by atoms with Gasteiger partial charge in [-0.3, -0.25) is 9.59 Å². The Morgan fingerprint density at radius 2 is 2.10 bits per heavy atom. The number of aromatic nitrogens is 2. The molecule has 8 nitrogen and oxygen atoms in total. The molecule has 166 valence electrons. The predicted octanol–water partition coefficient (Wildman–Crippen LogP) is 2.64. The van der Waals surface area contributed by atoms with Crippen LogP contribution in [-0.2, 0) is 22.5 Å². The molecule has 2 aromatic rings. The Morgan fingerprint density at radius 1 is 1.32 bits per heavy atom. The fourth-order valence-corrected chi connectivity index (χ4v) is 5.25. The number of hydrogen-bond donors (Lipinski definition) is 1. The summed E-state index contributed by atoms with van der Waals surface area (Å²) < 4.78 is 6.41. The van der Waals surface area contributed by atoms with Crippen molar-refractivity contribution in [1.29, 1.82) is 0 Å². The zero-order valence-corrected chi connectivity index (χ0v) is 18.7. The molecule has 3 heterocycles. The third kappa shape index (κ3) is 4.11. The van der Waals surface area contributed by atoms with Crippen LogP contribution < -0.4 is 5.32 Å². The van der Waals surface area contributed by atoms with Crippen LogP contribution in [-0.4, -0.2) is 57.5 Å². The molecule has 1 saturated carbocycles. The summed E-state index contributed by atoms with van der Waals surface area (Å²) in [7, 11) is 1.26. The highest BCUT2D eigenvalue weighted by Crippen LogP contribution is 2.30. The van der Waals surface area contributed by atoms with Gasteiger partial charge in [-0.25, -0.2) is 9.78 Å². The minimum absolute atomic E-state index is 0.0108. The van der Waals surface area contributed by atoms with Crippen LogP contribution in [0.2, 0.25) is 0 Å². The number of esters is 1. The van der Waals surface area contributed by atoms with Gasteiger partial charge < -0.3 is 19.5 Å². The van der Waals surface area contributed by atoms with Crippen LogP contribution in [0.4, 0.5) is 0 Å². The van der Waals surface area contributed by atoms with E-state index in [1.54, 1.807) is 27.7 Å². The second kappa shape index (κ2) is 8.82. The Morgan fingerprint density at radius 3 is 2.77 bits per heavy atom. The van der Waals surface area contributed by atoms with E-state index in [0.29, 0.717) is 13.0 Å². The van der Waals surface area contributed by atoms with Crippen LogP contribution in [0.3, 0.4) is 0 Å². The van der Waals surface area contributed by atoms with Crippen LogP contribution >= 0.6 is 11.3 Å². The van der Waals surface area contributed by atoms with Crippen molar-refractivity contribution < 1.29 is 19.1 Å². The summed E-state index contributed by atoms with van der Waals surface area (Å²) in [6, 6.07) is 4.13. The second-order valence-electron chi connectivity index (χ2n) is 8.43. The highest BCUT2D eigenvalue weighted by molar-refractivity contribution is 7.09. The molecule has 2 aliphatic rings. The Hall–Kier alpha value is -2.68. The first-order valence-electron chi connectivity index (χ1n) is 10.7. The summed E-state index contributed by atoms with van der Waals surface area (Å²) in [6.07, 6.45) is 7.43.